The molecule has 3 nitrogen and oxygen atoms in total. The molecule has 0 bridgehead atoms. The molecule has 17 heavy (non-hydrogen) atoms. The van der Waals surface area contributed by atoms with Crippen LogP contribution in [0.25, 0.3) is 0 Å². The fourth-order valence-corrected chi connectivity index (χ4v) is 2.32. The largest absolute Gasteiger partial charge is 0.348 e. The van der Waals surface area contributed by atoms with Gasteiger partial charge >= 0.3 is 0 Å². The van der Waals surface area contributed by atoms with Crippen LogP contribution < -0.4 is 11.1 Å². The molecule has 0 aliphatic rings. The van der Waals surface area contributed by atoms with E-state index in [0.717, 1.165) is 15.6 Å². The maximum atomic E-state index is 12.0. The zero-order chi connectivity index (χ0) is 12.8. The Labute approximate surface area is 116 Å². The van der Waals surface area contributed by atoms with Crippen LogP contribution in [0.2, 0.25) is 0 Å². The average molecular weight is 346 g/mol. The van der Waals surface area contributed by atoms with Crippen molar-refractivity contribution in [3.8, 4) is 0 Å². The van der Waals surface area contributed by atoms with Gasteiger partial charge in [0.15, 0.2) is 0 Å². The fraction of sp³-hybridized carbons (Fsp3) is 0.462. The van der Waals surface area contributed by atoms with Crippen LogP contribution in [-0.4, -0.2) is 18.5 Å². The summed E-state index contributed by atoms with van der Waals surface area (Å²) >= 11 is 2.17. The minimum absolute atomic E-state index is 0.0360. The predicted molar refractivity (Wildman–Crippen MR) is 78.9 cm³/mol. The summed E-state index contributed by atoms with van der Waals surface area (Å²) in [5, 5.41) is 2.99. The van der Waals surface area contributed by atoms with Gasteiger partial charge in [-0.3, -0.25) is 4.79 Å². The molecule has 4 heteroatoms. The van der Waals surface area contributed by atoms with Gasteiger partial charge in [-0.2, -0.15) is 0 Å². The van der Waals surface area contributed by atoms with Gasteiger partial charge in [-0.15, -0.1) is 0 Å². The molecule has 1 rings (SSSR count). The van der Waals surface area contributed by atoms with Gasteiger partial charge in [0.2, 0.25) is 0 Å². The Morgan fingerprint density at radius 3 is 2.59 bits per heavy atom. The molecule has 0 saturated carbocycles. The highest BCUT2D eigenvalue weighted by atomic mass is 127. The van der Waals surface area contributed by atoms with Crippen molar-refractivity contribution in [3.05, 3.63) is 33.4 Å². The number of rotatable bonds is 5. The lowest BCUT2D eigenvalue weighted by Gasteiger charge is -2.19. The third-order valence-corrected chi connectivity index (χ3v) is 3.43. The molecular formula is C13H19IN2O. The molecule has 1 aromatic rings. The van der Waals surface area contributed by atoms with Gasteiger partial charge in [-0.1, -0.05) is 26.0 Å². The SMILES string of the molecule is CC(C)CC(CN)NC(=O)c1ccccc1I. The Hall–Kier alpha value is -0.620. The van der Waals surface area contributed by atoms with Crippen LogP contribution in [0.1, 0.15) is 30.6 Å². The molecule has 0 aliphatic heterocycles. The summed E-state index contributed by atoms with van der Waals surface area (Å²) in [5.74, 6) is 0.491. The highest BCUT2D eigenvalue weighted by Crippen LogP contribution is 2.12. The van der Waals surface area contributed by atoms with Crippen LogP contribution >= 0.6 is 22.6 Å². The van der Waals surface area contributed by atoms with E-state index < -0.39 is 0 Å². The quantitative estimate of drug-likeness (QED) is 0.805. The summed E-state index contributed by atoms with van der Waals surface area (Å²) in [5.41, 5.74) is 6.39. The smallest absolute Gasteiger partial charge is 0.252 e. The first-order valence-electron chi connectivity index (χ1n) is 5.80. The minimum atomic E-state index is -0.0360. The Morgan fingerprint density at radius 2 is 2.06 bits per heavy atom. The van der Waals surface area contributed by atoms with Crippen LogP contribution in [0.3, 0.4) is 0 Å². The van der Waals surface area contributed by atoms with Gasteiger partial charge < -0.3 is 11.1 Å². The van der Waals surface area contributed by atoms with Crippen LogP contribution in [0.15, 0.2) is 24.3 Å². The standard InChI is InChI=1S/C13H19IN2O/c1-9(2)7-10(8-15)16-13(17)11-5-3-4-6-12(11)14/h3-6,9-10H,7-8,15H2,1-2H3,(H,16,17). The zero-order valence-electron chi connectivity index (χ0n) is 10.2. The third-order valence-electron chi connectivity index (χ3n) is 2.49. The lowest BCUT2D eigenvalue weighted by Crippen LogP contribution is -2.41. The molecule has 0 saturated heterocycles. The molecule has 0 heterocycles. The van der Waals surface area contributed by atoms with E-state index in [1.165, 1.54) is 0 Å². The monoisotopic (exact) mass is 346 g/mol. The van der Waals surface area contributed by atoms with E-state index in [0.29, 0.717) is 12.5 Å². The van der Waals surface area contributed by atoms with Crippen molar-refractivity contribution >= 4 is 28.5 Å². The minimum Gasteiger partial charge on any atom is -0.348 e. The van der Waals surface area contributed by atoms with Gasteiger partial charge in [-0.25, -0.2) is 0 Å². The summed E-state index contributed by atoms with van der Waals surface area (Å²) in [7, 11) is 0. The van der Waals surface area contributed by atoms with Crippen molar-refractivity contribution in [1.82, 2.24) is 5.32 Å². The van der Waals surface area contributed by atoms with Crippen molar-refractivity contribution in [2.75, 3.05) is 6.54 Å². The molecule has 0 aliphatic carbocycles. The number of nitrogens with one attached hydrogen (secondary N) is 1. The molecule has 94 valence electrons. The number of amides is 1. The summed E-state index contributed by atoms with van der Waals surface area (Å²) in [6, 6.07) is 7.61. The van der Waals surface area contributed by atoms with E-state index in [-0.39, 0.29) is 11.9 Å². The van der Waals surface area contributed by atoms with Gasteiger partial charge in [0.1, 0.15) is 0 Å². The number of hydrogen-bond donors (Lipinski definition) is 2. The second-order valence-corrected chi connectivity index (χ2v) is 5.68. The number of carbonyl (C=O) groups is 1. The summed E-state index contributed by atoms with van der Waals surface area (Å²) in [6.45, 7) is 4.73. The molecule has 1 atom stereocenters. The highest BCUT2D eigenvalue weighted by molar-refractivity contribution is 14.1. The van der Waals surface area contributed by atoms with Gasteiger partial charge in [0, 0.05) is 16.2 Å². The molecule has 3 N–H and O–H groups in total. The normalized spacial score (nSPS) is 12.5. The van der Waals surface area contributed by atoms with Crippen LogP contribution in [0.5, 0.6) is 0 Å². The van der Waals surface area contributed by atoms with E-state index in [2.05, 4.69) is 41.8 Å². The zero-order valence-corrected chi connectivity index (χ0v) is 12.4. The van der Waals surface area contributed by atoms with Crippen molar-refractivity contribution < 1.29 is 4.79 Å². The maximum Gasteiger partial charge on any atom is 0.252 e. The molecule has 0 radical (unpaired) electrons. The summed E-state index contributed by atoms with van der Waals surface area (Å²) in [4.78, 5) is 12.0. The first-order valence-corrected chi connectivity index (χ1v) is 6.88. The van der Waals surface area contributed by atoms with E-state index in [1.807, 2.05) is 24.3 Å². The van der Waals surface area contributed by atoms with Crippen molar-refractivity contribution in [1.29, 1.82) is 0 Å². The van der Waals surface area contributed by atoms with E-state index in [4.69, 9.17) is 5.73 Å². The molecule has 0 aromatic heterocycles. The third kappa shape index (κ3) is 4.63. The van der Waals surface area contributed by atoms with Crippen molar-refractivity contribution in [2.24, 2.45) is 11.7 Å². The summed E-state index contributed by atoms with van der Waals surface area (Å²) < 4.78 is 0.961. The number of hydrogen-bond acceptors (Lipinski definition) is 2. The van der Waals surface area contributed by atoms with E-state index in [1.54, 1.807) is 0 Å². The molecule has 0 spiro atoms. The molecule has 1 aromatic carbocycles. The van der Waals surface area contributed by atoms with E-state index >= 15 is 0 Å². The average Bonchev–Trinajstić information content (AvgIpc) is 2.27. The Morgan fingerprint density at radius 1 is 1.41 bits per heavy atom. The maximum absolute atomic E-state index is 12.0. The lowest BCUT2D eigenvalue weighted by atomic mass is 10.0. The van der Waals surface area contributed by atoms with Gasteiger partial charge in [0.25, 0.3) is 5.91 Å². The topological polar surface area (TPSA) is 55.1 Å². The first kappa shape index (κ1) is 14.4. The van der Waals surface area contributed by atoms with Gasteiger partial charge in [0.05, 0.1) is 5.56 Å². The number of halogens is 1. The number of carbonyl (C=O) groups excluding carboxylic acids is 1. The molecule has 1 amide bonds. The first-order chi connectivity index (χ1) is 8.04. The van der Waals surface area contributed by atoms with Crippen LogP contribution in [0.4, 0.5) is 0 Å². The van der Waals surface area contributed by atoms with Crippen molar-refractivity contribution in [3.63, 3.8) is 0 Å². The predicted octanol–water partition coefficient (Wildman–Crippen LogP) is 2.39. The highest BCUT2D eigenvalue weighted by Gasteiger charge is 2.15. The lowest BCUT2D eigenvalue weighted by molar-refractivity contribution is 0.0933. The summed E-state index contributed by atoms with van der Waals surface area (Å²) in [6.07, 6.45) is 0.908. The second-order valence-electron chi connectivity index (χ2n) is 4.52. The number of nitrogens with two attached hydrogens (primary N) is 1. The Bertz CT molecular complexity index is 379. The van der Waals surface area contributed by atoms with Gasteiger partial charge in [-0.05, 0) is 47.1 Å². The molecule has 1 unspecified atom stereocenters. The number of benzene rings is 1. The van der Waals surface area contributed by atoms with E-state index in [9.17, 15) is 4.79 Å². The van der Waals surface area contributed by atoms with Crippen LogP contribution in [0, 0.1) is 9.49 Å². The fourth-order valence-electron chi connectivity index (χ4n) is 1.69. The van der Waals surface area contributed by atoms with Crippen molar-refractivity contribution in [2.45, 2.75) is 26.3 Å². The molecule has 0 fully saturated rings. The Kier molecular flexibility index (Phi) is 5.91. The van der Waals surface area contributed by atoms with Crippen LogP contribution in [-0.2, 0) is 0 Å². The molecular weight excluding hydrogens is 327 g/mol. The Balaban J connectivity index is 2.68. The second kappa shape index (κ2) is 6.96.